The van der Waals surface area contributed by atoms with Gasteiger partial charge in [0.15, 0.2) is 0 Å². The van der Waals surface area contributed by atoms with E-state index in [2.05, 4.69) is 10.6 Å². The van der Waals surface area contributed by atoms with Crippen molar-refractivity contribution in [3.05, 3.63) is 89.4 Å². The lowest BCUT2D eigenvalue weighted by molar-refractivity contribution is -0.114. The fourth-order valence-electron chi connectivity index (χ4n) is 3.00. The lowest BCUT2D eigenvalue weighted by Crippen LogP contribution is -2.30. The molecule has 0 aliphatic carbocycles. The van der Waals surface area contributed by atoms with Crippen molar-refractivity contribution in [2.75, 3.05) is 12.4 Å². The summed E-state index contributed by atoms with van der Waals surface area (Å²) in [5, 5.41) is 5.27. The second-order valence-corrected chi connectivity index (χ2v) is 6.78. The van der Waals surface area contributed by atoms with Crippen LogP contribution in [-0.4, -0.2) is 29.7 Å². The number of nitrogens with one attached hydrogen (secondary N) is 2. The summed E-state index contributed by atoms with van der Waals surface area (Å²) in [7, 11) is 1.58. The van der Waals surface area contributed by atoms with Crippen molar-refractivity contribution in [3.63, 3.8) is 0 Å². The van der Waals surface area contributed by atoms with Gasteiger partial charge in [-0.1, -0.05) is 12.1 Å². The molecule has 2 aromatic carbocycles. The molecule has 1 heterocycles. The van der Waals surface area contributed by atoms with Crippen LogP contribution < -0.4 is 10.6 Å². The number of hydrogen-bond acceptors (Lipinski definition) is 4. The molecule has 30 heavy (non-hydrogen) atoms. The Hall–Kier alpha value is -3.87. The van der Waals surface area contributed by atoms with E-state index in [9.17, 15) is 14.4 Å². The van der Waals surface area contributed by atoms with Crippen molar-refractivity contribution in [1.29, 1.82) is 0 Å². The van der Waals surface area contributed by atoms with E-state index in [0.29, 0.717) is 35.7 Å². The Labute approximate surface area is 174 Å². The quantitative estimate of drug-likeness (QED) is 0.630. The van der Waals surface area contributed by atoms with Crippen molar-refractivity contribution >= 4 is 23.4 Å². The molecule has 3 rings (SSSR count). The first-order valence-electron chi connectivity index (χ1n) is 9.46. The Morgan fingerprint density at radius 3 is 2.13 bits per heavy atom. The van der Waals surface area contributed by atoms with Crippen LogP contribution in [0.1, 0.15) is 39.0 Å². The van der Waals surface area contributed by atoms with Gasteiger partial charge in [0.05, 0.1) is 12.8 Å². The van der Waals surface area contributed by atoms with Crippen molar-refractivity contribution in [2.24, 2.45) is 0 Å². The summed E-state index contributed by atoms with van der Waals surface area (Å²) in [6.45, 7) is 2.08. The van der Waals surface area contributed by atoms with Crippen molar-refractivity contribution < 1.29 is 18.8 Å². The molecule has 2 N–H and O–H groups in total. The molecule has 0 aliphatic rings. The molecule has 0 aliphatic heterocycles. The molecule has 0 saturated carbocycles. The first-order valence-corrected chi connectivity index (χ1v) is 9.46. The molecular weight excluding hydrogens is 382 g/mol. The maximum absolute atomic E-state index is 13.2. The first kappa shape index (κ1) is 20.9. The SMILES string of the molecule is CNC(=O)c1ccc(CN(Cc2ccco2)C(=O)c2ccc(NC(C)=O)cc2)cc1. The van der Waals surface area contributed by atoms with Gasteiger partial charge >= 0.3 is 0 Å². The van der Waals surface area contributed by atoms with Crippen LogP contribution >= 0.6 is 0 Å². The molecule has 7 heteroatoms. The predicted molar refractivity (Wildman–Crippen MR) is 113 cm³/mol. The van der Waals surface area contributed by atoms with Crippen LogP contribution in [0, 0.1) is 0 Å². The summed E-state index contributed by atoms with van der Waals surface area (Å²) in [5.41, 5.74) is 2.57. The zero-order valence-electron chi connectivity index (χ0n) is 16.8. The molecule has 0 spiro atoms. The predicted octanol–water partition coefficient (Wildman–Crippen LogP) is 3.44. The molecule has 0 bridgehead atoms. The van der Waals surface area contributed by atoms with Crippen molar-refractivity contribution in [2.45, 2.75) is 20.0 Å². The van der Waals surface area contributed by atoms with Gasteiger partial charge in [0.2, 0.25) is 5.91 Å². The molecular formula is C23H23N3O4. The molecule has 0 atom stereocenters. The molecule has 3 aromatic rings. The van der Waals surface area contributed by atoms with Gasteiger partial charge in [0.1, 0.15) is 5.76 Å². The van der Waals surface area contributed by atoms with Gasteiger partial charge in [-0.2, -0.15) is 0 Å². The number of carbonyl (C=O) groups excluding carboxylic acids is 3. The Morgan fingerprint density at radius 2 is 1.57 bits per heavy atom. The fraction of sp³-hybridized carbons (Fsp3) is 0.174. The maximum Gasteiger partial charge on any atom is 0.254 e. The number of furan rings is 1. The average Bonchev–Trinajstić information content (AvgIpc) is 3.26. The molecule has 7 nitrogen and oxygen atoms in total. The summed E-state index contributed by atoms with van der Waals surface area (Å²) < 4.78 is 5.42. The topological polar surface area (TPSA) is 91.7 Å². The molecule has 0 saturated heterocycles. The first-order chi connectivity index (χ1) is 14.5. The largest absolute Gasteiger partial charge is 0.467 e. The van der Waals surface area contributed by atoms with Crippen LogP contribution in [0.15, 0.2) is 71.3 Å². The number of amides is 3. The molecule has 0 radical (unpaired) electrons. The molecule has 0 fully saturated rings. The van der Waals surface area contributed by atoms with Crippen LogP contribution in [0.3, 0.4) is 0 Å². The summed E-state index contributed by atoms with van der Waals surface area (Å²) in [5.74, 6) is 0.161. The number of rotatable bonds is 7. The van der Waals surface area contributed by atoms with Crippen LogP contribution in [0.2, 0.25) is 0 Å². The van der Waals surface area contributed by atoms with E-state index in [4.69, 9.17) is 4.42 Å². The van der Waals surface area contributed by atoms with E-state index in [1.807, 2.05) is 18.2 Å². The standard InChI is InChI=1S/C23H23N3O4/c1-16(27)25-20-11-9-19(10-12-20)23(29)26(15-21-4-3-13-30-21)14-17-5-7-18(8-6-17)22(28)24-2/h3-13H,14-15H2,1-2H3,(H,24,28)(H,25,27). The van der Waals surface area contributed by atoms with E-state index in [0.717, 1.165) is 5.56 Å². The number of hydrogen-bond donors (Lipinski definition) is 2. The third-order valence-electron chi connectivity index (χ3n) is 4.48. The van der Waals surface area contributed by atoms with Gasteiger partial charge in [0.25, 0.3) is 11.8 Å². The molecule has 0 unspecified atom stereocenters. The van der Waals surface area contributed by atoms with Crippen molar-refractivity contribution in [3.8, 4) is 0 Å². The third kappa shape index (κ3) is 5.35. The van der Waals surface area contributed by atoms with Crippen LogP contribution in [-0.2, 0) is 17.9 Å². The normalized spacial score (nSPS) is 10.3. The van der Waals surface area contributed by atoms with E-state index in [-0.39, 0.29) is 17.7 Å². The van der Waals surface area contributed by atoms with Gasteiger partial charge in [-0.05, 0) is 54.1 Å². The van der Waals surface area contributed by atoms with Gasteiger partial charge in [-0.15, -0.1) is 0 Å². The maximum atomic E-state index is 13.2. The van der Waals surface area contributed by atoms with Gasteiger partial charge < -0.3 is 20.0 Å². The van der Waals surface area contributed by atoms with E-state index in [1.165, 1.54) is 6.92 Å². The fourth-order valence-corrected chi connectivity index (χ4v) is 3.00. The number of benzene rings is 2. The van der Waals surface area contributed by atoms with Gasteiger partial charge in [0, 0.05) is 37.3 Å². The van der Waals surface area contributed by atoms with E-state index < -0.39 is 0 Å². The van der Waals surface area contributed by atoms with Crippen LogP contribution in [0.4, 0.5) is 5.69 Å². The van der Waals surface area contributed by atoms with Crippen molar-refractivity contribution in [1.82, 2.24) is 10.2 Å². The number of anilines is 1. The molecule has 154 valence electrons. The van der Waals surface area contributed by atoms with Crippen LogP contribution in [0.25, 0.3) is 0 Å². The van der Waals surface area contributed by atoms with Gasteiger partial charge in [-0.25, -0.2) is 0 Å². The van der Waals surface area contributed by atoms with E-state index in [1.54, 1.807) is 60.7 Å². The van der Waals surface area contributed by atoms with Crippen LogP contribution in [0.5, 0.6) is 0 Å². The van der Waals surface area contributed by atoms with Gasteiger partial charge in [-0.3, -0.25) is 14.4 Å². The Morgan fingerprint density at radius 1 is 0.900 bits per heavy atom. The summed E-state index contributed by atoms with van der Waals surface area (Å²) >= 11 is 0. The second kappa shape index (κ2) is 9.56. The lowest BCUT2D eigenvalue weighted by atomic mass is 10.1. The Balaban J connectivity index is 1.80. The smallest absolute Gasteiger partial charge is 0.254 e. The summed E-state index contributed by atoms with van der Waals surface area (Å²) in [4.78, 5) is 37.7. The van der Waals surface area contributed by atoms with E-state index >= 15 is 0 Å². The minimum atomic E-state index is -0.172. The highest BCUT2D eigenvalue weighted by atomic mass is 16.3. The highest BCUT2D eigenvalue weighted by molar-refractivity contribution is 5.96. The highest BCUT2D eigenvalue weighted by Crippen LogP contribution is 2.17. The number of nitrogens with zero attached hydrogens (tertiary/aromatic N) is 1. The Kier molecular flexibility index (Phi) is 6.64. The summed E-state index contributed by atoms with van der Waals surface area (Å²) in [6.07, 6.45) is 1.57. The zero-order chi connectivity index (χ0) is 21.5. The third-order valence-corrected chi connectivity index (χ3v) is 4.48. The molecule has 1 aromatic heterocycles. The monoisotopic (exact) mass is 405 g/mol. The Bertz CT molecular complexity index is 1010. The second-order valence-electron chi connectivity index (χ2n) is 6.78. The minimum absolute atomic E-state index is 0.163. The lowest BCUT2D eigenvalue weighted by Gasteiger charge is -2.22. The highest BCUT2D eigenvalue weighted by Gasteiger charge is 2.18. The zero-order valence-corrected chi connectivity index (χ0v) is 16.8. The number of carbonyl (C=O) groups is 3. The molecule has 3 amide bonds. The summed E-state index contributed by atoms with van der Waals surface area (Å²) in [6, 6.07) is 17.4. The minimum Gasteiger partial charge on any atom is -0.467 e. The average molecular weight is 405 g/mol.